The summed E-state index contributed by atoms with van der Waals surface area (Å²) in [5.41, 5.74) is 0.00000283. The molecule has 0 spiro atoms. The molecule has 92 valence electrons. The number of aromatic carboxylic acids is 1. The van der Waals surface area contributed by atoms with E-state index in [0.717, 1.165) is 0 Å². The van der Waals surface area contributed by atoms with Gasteiger partial charge in [0.1, 0.15) is 5.56 Å². The minimum atomic E-state index is -1.10. The SMILES string of the molecule is COc1cccc(C(=O)O)c1Oc1cnccn1. The van der Waals surface area contributed by atoms with E-state index in [2.05, 4.69) is 9.97 Å². The lowest BCUT2D eigenvalue weighted by molar-refractivity contribution is 0.0693. The summed E-state index contributed by atoms with van der Waals surface area (Å²) < 4.78 is 10.5. The second kappa shape index (κ2) is 5.13. The molecular weight excluding hydrogens is 236 g/mol. The van der Waals surface area contributed by atoms with E-state index in [-0.39, 0.29) is 17.2 Å². The molecule has 0 radical (unpaired) electrons. The lowest BCUT2D eigenvalue weighted by atomic mass is 10.2. The van der Waals surface area contributed by atoms with E-state index >= 15 is 0 Å². The zero-order valence-electron chi connectivity index (χ0n) is 9.53. The van der Waals surface area contributed by atoms with Crippen molar-refractivity contribution in [3.63, 3.8) is 0 Å². The number of para-hydroxylation sites is 1. The van der Waals surface area contributed by atoms with Crippen LogP contribution in [0.25, 0.3) is 0 Å². The molecular formula is C12H10N2O4. The van der Waals surface area contributed by atoms with Crippen LogP contribution in [0.1, 0.15) is 10.4 Å². The van der Waals surface area contributed by atoms with Gasteiger partial charge in [0.15, 0.2) is 11.5 Å². The highest BCUT2D eigenvalue weighted by Crippen LogP contribution is 2.33. The molecule has 2 rings (SSSR count). The van der Waals surface area contributed by atoms with Crippen LogP contribution < -0.4 is 9.47 Å². The highest BCUT2D eigenvalue weighted by atomic mass is 16.5. The van der Waals surface area contributed by atoms with Gasteiger partial charge in [-0.2, -0.15) is 0 Å². The third-order valence-electron chi connectivity index (χ3n) is 2.18. The van der Waals surface area contributed by atoms with Gasteiger partial charge in [-0.05, 0) is 12.1 Å². The number of methoxy groups -OCH3 is 1. The van der Waals surface area contributed by atoms with E-state index in [1.165, 1.54) is 31.8 Å². The van der Waals surface area contributed by atoms with Crippen LogP contribution in [-0.2, 0) is 0 Å². The van der Waals surface area contributed by atoms with E-state index in [9.17, 15) is 4.79 Å². The zero-order chi connectivity index (χ0) is 13.0. The number of aromatic nitrogens is 2. The average Bonchev–Trinajstić information content (AvgIpc) is 2.40. The van der Waals surface area contributed by atoms with Crippen molar-refractivity contribution in [2.75, 3.05) is 7.11 Å². The van der Waals surface area contributed by atoms with Crippen LogP contribution in [0.15, 0.2) is 36.8 Å². The van der Waals surface area contributed by atoms with Crippen molar-refractivity contribution in [3.05, 3.63) is 42.4 Å². The van der Waals surface area contributed by atoms with E-state index in [0.29, 0.717) is 5.75 Å². The summed E-state index contributed by atoms with van der Waals surface area (Å²) in [6.07, 6.45) is 4.33. The van der Waals surface area contributed by atoms with Gasteiger partial charge in [-0.15, -0.1) is 0 Å². The molecule has 0 fully saturated rings. The summed E-state index contributed by atoms with van der Waals surface area (Å²) in [5, 5.41) is 9.09. The number of hydrogen-bond donors (Lipinski definition) is 1. The quantitative estimate of drug-likeness (QED) is 0.888. The van der Waals surface area contributed by atoms with Crippen molar-refractivity contribution in [2.24, 2.45) is 0 Å². The summed E-state index contributed by atoms with van der Waals surface area (Å²) in [4.78, 5) is 18.9. The zero-order valence-corrected chi connectivity index (χ0v) is 9.53. The Bertz CT molecular complexity index is 557. The molecule has 0 aliphatic rings. The second-order valence-electron chi connectivity index (χ2n) is 3.29. The van der Waals surface area contributed by atoms with E-state index in [1.54, 1.807) is 12.1 Å². The molecule has 6 heteroatoms. The first-order valence-corrected chi connectivity index (χ1v) is 5.06. The second-order valence-corrected chi connectivity index (χ2v) is 3.29. The average molecular weight is 246 g/mol. The molecule has 0 aliphatic heterocycles. The molecule has 1 aromatic carbocycles. The molecule has 0 amide bonds. The molecule has 0 aliphatic carbocycles. The maximum atomic E-state index is 11.1. The lowest BCUT2D eigenvalue weighted by Crippen LogP contribution is -2.02. The van der Waals surface area contributed by atoms with E-state index < -0.39 is 5.97 Å². The predicted octanol–water partition coefficient (Wildman–Crippen LogP) is 1.98. The molecule has 2 aromatic rings. The highest BCUT2D eigenvalue weighted by Gasteiger charge is 2.17. The molecule has 18 heavy (non-hydrogen) atoms. The highest BCUT2D eigenvalue weighted by molar-refractivity contribution is 5.92. The van der Waals surface area contributed by atoms with Gasteiger partial charge in [0.05, 0.1) is 13.3 Å². The summed E-state index contributed by atoms with van der Waals surface area (Å²) >= 11 is 0. The monoisotopic (exact) mass is 246 g/mol. The molecule has 1 heterocycles. The van der Waals surface area contributed by atoms with E-state index in [4.69, 9.17) is 14.6 Å². The normalized spacial score (nSPS) is 9.83. The number of rotatable bonds is 4. The Morgan fingerprint density at radius 3 is 2.78 bits per heavy atom. The smallest absolute Gasteiger partial charge is 0.339 e. The third kappa shape index (κ3) is 2.37. The number of carboxylic acids is 1. The lowest BCUT2D eigenvalue weighted by Gasteiger charge is -2.11. The van der Waals surface area contributed by atoms with Crippen molar-refractivity contribution in [1.82, 2.24) is 9.97 Å². The maximum absolute atomic E-state index is 11.1. The van der Waals surface area contributed by atoms with Gasteiger partial charge >= 0.3 is 5.97 Å². The molecule has 1 N–H and O–H groups in total. The van der Waals surface area contributed by atoms with Crippen molar-refractivity contribution in [2.45, 2.75) is 0 Å². The largest absolute Gasteiger partial charge is 0.493 e. The molecule has 0 atom stereocenters. The minimum Gasteiger partial charge on any atom is -0.493 e. The number of nitrogens with zero attached hydrogens (tertiary/aromatic N) is 2. The third-order valence-corrected chi connectivity index (χ3v) is 2.18. The number of hydrogen-bond acceptors (Lipinski definition) is 5. The Labute approximate surface area is 103 Å². The minimum absolute atomic E-state index is 0.00000283. The van der Waals surface area contributed by atoms with Gasteiger partial charge in [-0.25, -0.2) is 9.78 Å². The van der Waals surface area contributed by atoms with Crippen molar-refractivity contribution < 1.29 is 19.4 Å². The van der Waals surface area contributed by atoms with Crippen LogP contribution in [0, 0.1) is 0 Å². The van der Waals surface area contributed by atoms with Gasteiger partial charge in [0.25, 0.3) is 0 Å². The molecule has 1 aromatic heterocycles. The van der Waals surface area contributed by atoms with Gasteiger partial charge in [0, 0.05) is 12.4 Å². The van der Waals surface area contributed by atoms with E-state index in [1.807, 2.05) is 0 Å². The summed E-state index contributed by atoms with van der Waals surface area (Å²) in [6.45, 7) is 0. The van der Waals surface area contributed by atoms with Crippen LogP contribution in [0.5, 0.6) is 17.4 Å². The van der Waals surface area contributed by atoms with Crippen LogP contribution in [-0.4, -0.2) is 28.2 Å². The van der Waals surface area contributed by atoms with Crippen LogP contribution in [0.4, 0.5) is 0 Å². The fraction of sp³-hybridized carbons (Fsp3) is 0.0833. The Kier molecular flexibility index (Phi) is 3.38. The Hall–Kier alpha value is -2.63. The number of carbonyl (C=O) groups is 1. The molecule has 0 saturated carbocycles. The Morgan fingerprint density at radius 2 is 2.17 bits per heavy atom. The fourth-order valence-electron chi connectivity index (χ4n) is 1.39. The summed E-state index contributed by atoms with van der Waals surface area (Å²) in [6, 6.07) is 4.61. The van der Waals surface area contributed by atoms with Crippen molar-refractivity contribution >= 4 is 5.97 Å². The van der Waals surface area contributed by atoms with Crippen molar-refractivity contribution in [3.8, 4) is 17.4 Å². The predicted molar refractivity (Wildman–Crippen MR) is 62.1 cm³/mol. The first kappa shape index (κ1) is 11.8. The standard InChI is InChI=1S/C12H10N2O4/c1-17-9-4-2-3-8(12(15)16)11(9)18-10-7-13-5-6-14-10/h2-7H,1H3,(H,15,16). The number of ether oxygens (including phenoxy) is 2. The number of carboxylic acid groups (broad SMARTS) is 1. The Balaban J connectivity index is 2.44. The summed E-state index contributed by atoms with van der Waals surface area (Å²) in [7, 11) is 1.44. The van der Waals surface area contributed by atoms with Crippen LogP contribution in [0.3, 0.4) is 0 Å². The summed E-state index contributed by atoms with van der Waals surface area (Å²) in [5.74, 6) is -0.481. The molecule has 0 unspecified atom stereocenters. The molecule has 0 bridgehead atoms. The fourth-order valence-corrected chi connectivity index (χ4v) is 1.39. The van der Waals surface area contributed by atoms with Gasteiger partial charge in [0.2, 0.25) is 5.88 Å². The van der Waals surface area contributed by atoms with Gasteiger partial charge in [-0.3, -0.25) is 4.98 Å². The maximum Gasteiger partial charge on any atom is 0.339 e. The van der Waals surface area contributed by atoms with Gasteiger partial charge in [-0.1, -0.05) is 6.07 Å². The molecule has 0 saturated heterocycles. The first-order chi connectivity index (χ1) is 8.72. The first-order valence-electron chi connectivity index (χ1n) is 5.06. The van der Waals surface area contributed by atoms with Crippen LogP contribution >= 0.6 is 0 Å². The number of benzene rings is 1. The van der Waals surface area contributed by atoms with Gasteiger partial charge < -0.3 is 14.6 Å². The van der Waals surface area contributed by atoms with Crippen LogP contribution in [0.2, 0.25) is 0 Å². The Morgan fingerprint density at radius 1 is 1.33 bits per heavy atom. The topological polar surface area (TPSA) is 81.5 Å². The van der Waals surface area contributed by atoms with Crippen molar-refractivity contribution in [1.29, 1.82) is 0 Å². The molecule has 6 nitrogen and oxygen atoms in total.